The molecule has 190 valence electrons. The van der Waals surface area contributed by atoms with Crippen molar-refractivity contribution in [3.05, 3.63) is 21.7 Å². The fourth-order valence-electron chi connectivity index (χ4n) is 3.32. The Morgan fingerprint density at radius 2 is 2.00 bits per heavy atom. The van der Waals surface area contributed by atoms with Crippen molar-refractivity contribution in [1.82, 2.24) is 15.2 Å². The van der Waals surface area contributed by atoms with E-state index in [2.05, 4.69) is 15.5 Å². The largest absolute Gasteiger partial charge is 0.478 e. The summed E-state index contributed by atoms with van der Waals surface area (Å²) in [7, 11) is 5.75. The van der Waals surface area contributed by atoms with Gasteiger partial charge in [0, 0.05) is 11.1 Å². The number of nitrogens with one attached hydrogen (secondary N) is 1. The highest BCUT2D eigenvalue weighted by atomic mass is 32.2. The summed E-state index contributed by atoms with van der Waals surface area (Å²) >= 11 is 2.38. The van der Waals surface area contributed by atoms with Crippen molar-refractivity contribution in [2.75, 3.05) is 39.2 Å². The number of thioether (sulfide) groups is 1. The predicted molar refractivity (Wildman–Crippen MR) is 128 cm³/mol. The standard InChI is InChI=1S/C20H26N6O7S2/c1-20(2,18(31)32)33-24-12(9-7-35-19(21)22-9)15(27)23-13-10-8-34-11(6-26(3,4)5)14(17(29)30)25(10)16(13)28/h7,10,13H,6,8H2,1-5H3,(H4-,21,22,23,27,29,30,31,32)/p+1. The minimum atomic E-state index is -1.74. The van der Waals surface area contributed by atoms with Gasteiger partial charge in [-0.3, -0.25) is 14.5 Å². The van der Waals surface area contributed by atoms with Crippen LogP contribution in [0.3, 0.4) is 0 Å². The van der Waals surface area contributed by atoms with Gasteiger partial charge in [0.15, 0.2) is 10.8 Å². The first-order valence-corrected chi connectivity index (χ1v) is 12.2. The highest BCUT2D eigenvalue weighted by Crippen LogP contribution is 2.39. The molecule has 2 unspecified atom stereocenters. The van der Waals surface area contributed by atoms with E-state index < -0.39 is 41.4 Å². The minimum absolute atomic E-state index is 0.0455. The van der Waals surface area contributed by atoms with Crippen LogP contribution in [0.1, 0.15) is 19.5 Å². The van der Waals surface area contributed by atoms with Gasteiger partial charge < -0.3 is 30.6 Å². The van der Waals surface area contributed by atoms with Gasteiger partial charge in [0.2, 0.25) is 5.60 Å². The number of carbonyl (C=O) groups is 4. The molecule has 3 heterocycles. The Balaban J connectivity index is 1.84. The Kier molecular flexibility index (Phi) is 7.15. The lowest BCUT2D eigenvalue weighted by molar-refractivity contribution is -0.864. The summed E-state index contributed by atoms with van der Waals surface area (Å²) < 4.78 is 0.481. The van der Waals surface area contributed by atoms with E-state index >= 15 is 0 Å². The average molecular weight is 528 g/mol. The number of aliphatic carboxylic acids is 2. The predicted octanol–water partition coefficient (Wildman–Crippen LogP) is -0.246. The smallest absolute Gasteiger partial charge is 0.353 e. The topological polar surface area (TPSA) is 185 Å². The molecule has 2 amide bonds. The van der Waals surface area contributed by atoms with Gasteiger partial charge in [-0.15, -0.1) is 23.1 Å². The first-order chi connectivity index (χ1) is 16.1. The average Bonchev–Trinajstić information content (AvgIpc) is 3.16. The van der Waals surface area contributed by atoms with Gasteiger partial charge in [0.25, 0.3) is 11.8 Å². The van der Waals surface area contributed by atoms with E-state index in [1.165, 1.54) is 35.9 Å². The number of amides is 2. The van der Waals surface area contributed by atoms with Gasteiger partial charge in [0.1, 0.15) is 24.0 Å². The maximum absolute atomic E-state index is 13.1. The Labute approximate surface area is 209 Å². The van der Waals surface area contributed by atoms with Gasteiger partial charge in [-0.1, -0.05) is 5.16 Å². The fourth-order valence-corrected chi connectivity index (χ4v) is 5.38. The van der Waals surface area contributed by atoms with Crippen LogP contribution in [0.15, 0.2) is 21.1 Å². The molecule has 2 aliphatic heterocycles. The van der Waals surface area contributed by atoms with Crippen molar-refractivity contribution in [3.8, 4) is 0 Å². The second-order valence-electron chi connectivity index (χ2n) is 9.48. The van der Waals surface area contributed by atoms with Gasteiger partial charge in [-0.05, 0) is 13.8 Å². The number of quaternary nitrogens is 1. The number of hydrogen-bond donors (Lipinski definition) is 4. The van der Waals surface area contributed by atoms with Crippen LogP contribution in [0.2, 0.25) is 0 Å². The van der Waals surface area contributed by atoms with E-state index in [0.29, 0.717) is 21.7 Å². The maximum atomic E-state index is 13.1. The first kappa shape index (κ1) is 26.4. The number of nitrogens with two attached hydrogens (primary N) is 1. The van der Waals surface area contributed by atoms with Crippen molar-refractivity contribution in [1.29, 1.82) is 0 Å². The summed E-state index contributed by atoms with van der Waals surface area (Å²) in [6, 6.07) is -1.57. The van der Waals surface area contributed by atoms with Crippen molar-refractivity contribution in [2.24, 2.45) is 5.16 Å². The molecule has 35 heavy (non-hydrogen) atoms. The number of aromatic nitrogens is 1. The van der Waals surface area contributed by atoms with Crippen LogP contribution in [0.5, 0.6) is 0 Å². The highest BCUT2D eigenvalue weighted by Gasteiger charge is 2.54. The highest BCUT2D eigenvalue weighted by molar-refractivity contribution is 8.03. The van der Waals surface area contributed by atoms with Crippen LogP contribution in [0, 0.1) is 0 Å². The van der Waals surface area contributed by atoms with Gasteiger partial charge in [-0.25, -0.2) is 14.6 Å². The molecule has 2 atom stereocenters. The van der Waals surface area contributed by atoms with Crippen LogP contribution in [-0.2, 0) is 24.0 Å². The molecule has 2 aliphatic rings. The SMILES string of the molecule is CC(C)(ON=C(C(=O)NC1C(=O)N2C(C(=O)O)=C(C[N+](C)(C)C)SCC12)c1csc(N)n1)C(=O)O. The van der Waals surface area contributed by atoms with E-state index in [9.17, 15) is 29.4 Å². The molecule has 3 rings (SSSR count). The quantitative estimate of drug-likeness (QED) is 0.144. The molecule has 13 nitrogen and oxygen atoms in total. The summed E-state index contributed by atoms with van der Waals surface area (Å²) in [6.07, 6.45) is 0. The fraction of sp³-hybridized carbons (Fsp3) is 0.500. The Morgan fingerprint density at radius 1 is 1.34 bits per heavy atom. The second-order valence-corrected chi connectivity index (χ2v) is 11.5. The third kappa shape index (κ3) is 5.57. The third-order valence-electron chi connectivity index (χ3n) is 5.12. The molecule has 0 spiro atoms. The zero-order valence-electron chi connectivity index (χ0n) is 19.8. The number of β-lactam (4-membered cyclic amide) rings is 1. The zero-order chi connectivity index (χ0) is 26.3. The molecule has 1 fully saturated rings. The van der Waals surface area contributed by atoms with Crippen LogP contribution in [-0.4, -0.2) is 105 Å². The Hall–Kier alpha value is -3.17. The van der Waals surface area contributed by atoms with E-state index in [1.807, 2.05) is 21.1 Å². The second kappa shape index (κ2) is 9.47. The normalized spacial score (nSPS) is 20.8. The van der Waals surface area contributed by atoms with Crippen molar-refractivity contribution in [2.45, 2.75) is 31.5 Å². The zero-order valence-corrected chi connectivity index (χ0v) is 21.4. The number of anilines is 1. The van der Waals surface area contributed by atoms with E-state index in [1.54, 1.807) is 0 Å². The first-order valence-electron chi connectivity index (χ1n) is 10.4. The molecule has 0 bridgehead atoms. The number of hydrogen-bond acceptors (Lipinski definition) is 10. The molecule has 0 radical (unpaired) electrons. The number of nitrogen functional groups attached to an aromatic ring is 1. The monoisotopic (exact) mass is 527 g/mol. The van der Waals surface area contributed by atoms with Gasteiger partial charge in [-0.2, -0.15) is 0 Å². The molecule has 1 aromatic rings. The number of rotatable bonds is 9. The summed E-state index contributed by atoms with van der Waals surface area (Å²) in [4.78, 5) is 60.2. The minimum Gasteiger partial charge on any atom is -0.478 e. The van der Waals surface area contributed by atoms with E-state index in [-0.39, 0.29) is 22.2 Å². The van der Waals surface area contributed by atoms with Crippen molar-refractivity contribution >= 4 is 57.7 Å². The summed E-state index contributed by atoms with van der Waals surface area (Å²) in [5.41, 5.74) is 3.52. The number of thiazole rings is 1. The molecule has 1 aromatic heterocycles. The maximum Gasteiger partial charge on any atom is 0.353 e. The molecule has 0 aromatic carbocycles. The van der Waals surface area contributed by atoms with Crippen LogP contribution in [0.25, 0.3) is 0 Å². The number of nitrogens with zero attached hydrogens (tertiary/aromatic N) is 4. The lowest BCUT2D eigenvalue weighted by Gasteiger charge is -2.50. The van der Waals surface area contributed by atoms with E-state index in [4.69, 9.17) is 10.6 Å². The molecular weight excluding hydrogens is 500 g/mol. The number of fused-ring (bicyclic) bond motifs is 1. The molecule has 15 heteroatoms. The molecule has 0 aliphatic carbocycles. The number of likely N-dealkylation sites (N-methyl/N-ethyl adjacent to an activating group) is 1. The summed E-state index contributed by atoms with van der Waals surface area (Å²) in [5, 5.41) is 26.9. The lowest BCUT2D eigenvalue weighted by Crippen LogP contribution is -2.73. The number of oxime groups is 1. The van der Waals surface area contributed by atoms with Crippen LogP contribution >= 0.6 is 23.1 Å². The van der Waals surface area contributed by atoms with E-state index in [0.717, 1.165) is 11.3 Å². The Bertz CT molecular complexity index is 1140. The number of carboxylic acid groups (broad SMARTS) is 2. The lowest BCUT2D eigenvalue weighted by atomic mass is 9.94. The molecule has 1 saturated heterocycles. The number of carboxylic acids is 2. The summed E-state index contributed by atoms with van der Waals surface area (Å²) in [5.74, 6) is -3.53. The Morgan fingerprint density at radius 3 is 2.51 bits per heavy atom. The van der Waals surface area contributed by atoms with Gasteiger partial charge in [0.05, 0.1) is 32.1 Å². The molecule has 0 saturated carbocycles. The molecule has 5 N–H and O–H groups in total. The third-order valence-corrected chi connectivity index (χ3v) is 6.97. The van der Waals surface area contributed by atoms with Crippen LogP contribution < -0.4 is 11.1 Å². The van der Waals surface area contributed by atoms with Crippen molar-refractivity contribution < 1.29 is 38.7 Å². The summed E-state index contributed by atoms with van der Waals surface area (Å²) in [6.45, 7) is 2.94. The van der Waals surface area contributed by atoms with Crippen LogP contribution in [0.4, 0.5) is 5.13 Å². The number of carbonyl (C=O) groups excluding carboxylic acids is 2. The van der Waals surface area contributed by atoms with Crippen molar-refractivity contribution in [3.63, 3.8) is 0 Å². The van der Waals surface area contributed by atoms with Gasteiger partial charge >= 0.3 is 11.9 Å². The molecular formula is C20H27N6O7S2+.